The first-order chi connectivity index (χ1) is 15.3. The number of hydrogen-bond acceptors (Lipinski definition) is 5. The Labute approximate surface area is 191 Å². The molecule has 3 aliphatic rings. The number of aromatic nitrogens is 1. The maximum Gasteiger partial charge on any atom is 0.230 e. The molecule has 1 aromatic rings. The number of hydrogen-bond donors (Lipinski definition) is 1. The van der Waals surface area contributed by atoms with Crippen LogP contribution in [-0.2, 0) is 16.0 Å². The van der Waals surface area contributed by atoms with E-state index in [0.29, 0.717) is 44.7 Å². The van der Waals surface area contributed by atoms with Crippen molar-refractivity contribution in [1.29, 1.82) is 0 Å². The second-order valence-corrected chi connectivity index (χ2v) is 10.7. The molecular formula is C25H39N3O4. The second kappa shape index (κ2) is 9.54. The van der Waals surface area contributed by atoms with Crippen molar-refractivity contribution in [2.45, 2.75) is 95.0 Å². The fourth-order valence-electron chi connectivity index (χ4n) is 6.07. The maximum absolute atomic E-state index is 13.3. The molecule has 1 aliphatic heterocycles. The van der Waals surface area contributed by atoms with Gasteiger partial charge in [0.1, 0.15) is 5.76 Å². The Morgan fingerprint density at radius 1 is 1.12 bits per heavy atom. The van der Waals surface area contributed by atoms with Crippen molar-refractivity contribution in [2.24, 2.45) is 5.41 Å². The SMILES string of the molecule is CN(C)C(=O)[C@@]1(Cc2cc(C3CCCCC3)no2)CCN(C(=O)CC2(O)CCCCC2)C1. The molecular weight excluding hydrogens is 406 g/mol. The highest BCUT2D eigenvalue weighted by Gasteiger charge is 2.48. The Morgan fingerprint density at radius 2 is 1.81 bits per heavy atom. The van der Waals surface area contributed by atoms with Gasteiger partial charge in [-0.15, -0.1) is 0 Å². The molecule has 0 unspecified atom stereocenters. The summed E-state index contributed by atoms with van der Waals surface area (Å²) in [6.45, 7) is 0.913. The molecule has 0 aromatic carbocycles. The molecule has 3 fully saturated rings. The van der Waals surface area contributed by atoms with E-state index < -0.39 is 11.0 Å². The van der Waals surface area contributed by atoms with E-state index in [2.05, 4.69) is 5.16 Å². The van der Waals surface area contributed by atoms with Crippen LogP contribution in [0.1, 0.15) is 94.4 Å². The summed E-state index contributed by atoms with van der Waals surface area (Å²) in [7, 11) is 3.54. The molecule has 32 heavy (non-hydrogen) atoms. The minimum Gasteiger partial charge on any atom is -0.389 e. The van der Waals surface area contributed by atoms with E-state index in [1.54, 1.807) is 23.9 Å². The molecule has 1 saturated heterocycles. The molecule has 178 valence electrons. The zero-order chi connectivity index (χ0) is 22.8. The molecule has 2 saturated carbocycles. The van der Waals surface area contributed by atoms with Crippen molar-refractivity contribution in [3.63, 3.8) is 0 Å². The third-order valence-electron chi connectivity index (χ3n) is 7.94. The van der Waals surface area contributed by atoms with Crippen LogP contribution in [0, 0.1) is 5.41 Å². The summed E-state index contributed by atoms with van der Waals surface area (Å²) in [6, 6.07) is 2.04. The van der Waals surface area contributed by atoms with Crippen molar-refractivity contribution in [1.82, 2.24) is 15.0 Å². The first kappa shape index (κ1) is 23.3. The molecule has 7 heteroatoms. The van der Waals surface area contributed by atoms with Crippen LogP contribution in [0.5, 0.6) is 0 Å². The van der Waals surface area contributed by atoms with Crippen LogP contribution < -0.4 is 0 Å². The normalized spacial score (nSPS) is 26.3. The first-order valence-electron chi connectivity index (χ1n) is 12.5. The number of rotatable bonds is 6. The van der Waals surface area contributed by atoms with Crippen LogP contribution in [0.3, 0.4) is 0 Å². The standard InChI is InChI=1S/C25H39N3O4/c1-27(2)23(30)24(16-20-15-21(26-32-20)19-9-5-3-6-10-19)13-14-28(18-24)22(29)17-25(31)11-7-4-8-12-25/h15,19,31H,3-14,16-18H2,1-2H3/t24-/m1/s1. The molecule has 1 aromatic heterocycles. The summed E-state index contributed by atoms with van der Waals surface area (Å²) in [5.41, 5.74) is -0.568. The molecule has 2 heterocycles. The van der Waals surface area contributed by atoms with E-state index in [-0.39, 0.29) is 18.2 Å². The van der Waals surface area contributed by atoms with Gasteiger partial charge in [-0.1, -0.05) is 43.7 Å². The lowest BCUT2D eigenvalue weighted by molar-refractivity contribution is -0.141. The van der Waals surface area contributed by atoms with Crippen molar-refractivity contribution in [3.05, 3.63) is 17.5 Å². The van der Waals surface area contributed by atoms with Crippen LogP contribution in [0.15, 0.2) is 10.6 Å². The van der Waals surface area contributed by atoms with E-state index in [4.69, 9.17) is 4.52 Å². The van der Waals surface area contributed by atoms with Crippen LogP contribution in [0.2, 0.25) is 0 Å². The van der Waals surface area contributed by atoms with E-state index in [0.717, 1.165) is 43.6 Å². The van der Waals surface area contributed by atoms with Crippen LogP contribution in [0.25, 0.3) is 0 Å². The number of carbonyl (C=O) groups is 2. The lowest BCUT2D eigenvalue weighted by Crippen LogP contribution is -2.45. The predicted molar refractivity (Wildman–Crippen MR) is 121 cm³/mol. The minimum atomic E-state index is -0.883. The van der Waals surface area contributed by atoms with Crippen molar-refractivity contribution >= 4 is 11.8 Å². The monoisotopic (exact) mass is 445 g/mol. The molecule has 0 radical (unpaired) electrons. The van der Waals surface area contributed by atoms with E-state index >= 15 is 0 Å². The average Bonchev–Trinajstić information content (AvgIpc) is 3.42. The van der Waals surface area contributed by atoms with Crippen LogP contribution in [-0.4, -0.2) is 64.7 Å². The summed E-state index contributed by atoms with van der Waals surface area (Å²) in [6.07, 6.45) is 11.7. The quantitative estimate of drug-likeness (QED) is 0.722. The molecule has 4 rings (SSSR count). The lowest BCUT2D eigenvalue weighted by atomic mass is 9.80. The number of carbonyl (C=O) groups excluding carboxylic acids is 2. The second-order valence-electron chi connectivity index (χ2n) is 10.7. The maximum atomic E-state index is 13.3. The molecule has 1 N–H and O–H groups in total. The Hall–Kier alpha value is -1.89. The van der Waals surface area contributed by atoms with Crippen LogP contribution in [0.4, 0.5) is 0 Å². The Morgan fingerprint density at radius 3 is 2.50 bits per heavy atom. The zero-order valence-corrected chi connectivity index (χ0v) is 19.8. The van der Waals surface area contributed by atoms with E-state index in [9.17, 15) is 14.7 Å². The highest BCUT2D eigenvalue weighted by Crippen LogP contribution is 2.39. The summed E-state index contributed by atoms with van der Waals surface area (Å²) in [4.78, 5) is 29.8. The lowest BCUT2D eigenvalue weighted by Gasteiger charge is -2.34. The fourth-order valence-corrected chi connectivity index (χ4v) is 6.07. The van der Waals surface area contributed by atoms with Gasteiger partial charge in [-0.05, 0) is 32.1 Å². The number of amides is 2. The topological polar surface area (TPSA) is 86.9 Å². The third kappa shape index (κ3) is 5.03. The summed E-state index contributed by atoms with van der Waals surface area (Å²) >= 11 is 0. The van der Waals surface area contributed by atoms with Gasteiger partial charge in [0.2, 0.25) is 11.8 Å². The number of aliphatic hydroxyl groups is 1. The zero-order valence-electron chi connectivity index (χ0n) is 19.8. The summed E-state index contributed by atoms with van der Waals surface area (Å²) in [5, 5.41) is 15.2. The van der Waals surface area contributed by atoms with Gasteiger partial charge in [0.05, 0.1) is 23.1 Å². The van der Waals surface area contributed by atoms with Gasteiger partial charge in [0, 0.05) is 45.6 Å². The van der Waals surface area contributed by atoms with Gasteiger partial charge in [-0.2, -0.15) is 0 Å². The molecule has 1 atom stereocenters. The van der Waals surface area contributed by atoms with Crippen molar-refractivity contribution in [2.75, 3.05) is 27.2 Å². The fraction of sp³-hybridized carbons (Fsp3) is 0.800. The van der Waals surface area contributed by atoms with Gasteiger partial charge in [-0.25, -0.2) is 0 Å². The summed E-state index contributed by atoms with van der Waals surface area (Å²) in [5.74, 6) is 1.18. The van der Waals surface area contributed by atoms with Gasteiger partial charge in [0.15, 0.2) is 0 Å². The third-order valence-corrected chi connectivity index (χ3v) is 7.94. The molecule has 7 nitrogen and oxygen atoms in total. The highest BCUT2D eigenvalue weighted by atomic mass is 16.5. The van der Waals surface area contributed by atoms with Crippen molar-refractivity contribution < 1.29 is 19.2 Å². The number of nitrogens with zero attached hydrogens (tertiary/aromatic N) is 3. The van der Waals surface area contributed by atoms with Crippen molar-refractivity contribution in [3.8, 4) is 0 Å². The molecule has 2 aliphatic carbocycles. The van der Waals surface area contributed by atoms with Gasteiger partial charge in [0.25, 0.3) is 0 Å². The van der Waals surface area contributed by atoms with Gasteiger partial charge >= 0.3 is 0 Å². The smallest absolute Gasteiger partial charge is 0.230 e. The predicted octanol–water partition coefficient (Wildman–Crippen LogP) is 3.66. The van der Waals surface area contributed by atoms with E-state index in [1.807, 2.05) is 6.07 Å². The van der Waals surface area contributed by atoms with Gasteiger partial charge in [-0.3, -0.25) is 9.59 Å². The largest absolute Gasteiger partial charge is 0.389 e. The minimum absolute atomic E-state index is 0.0276. The summed E-state index contributed by atoms with van der Waals surface area (Å²) < 4.78 is 5.70. The Kier molecular flexibility index (Phi) is 6.94. The average molecular weight is 446 g/mol. The Balaban J connectivity index is 1.46. The van der Waals surface area contributed by atoms with E-state index in [1.165, 1.54) is 19.3 Å². The van der Waals surface area contributed by atoms with Crippen LogP contribution >= 0.6 is 0 Å². The molecule has 0 spiro atoms. The Bertz CT molecular complexity index is 808. The first-order valence-corrected chi connectivity index (χ1v) is 12.5. The molecule has 0 bridgehead atoms. The van der Waals surface area contributed by atoms with Gasteiger partial charge < -0.3 is 19.4 Å². The highest BCUT2D eigenvalue weighted by molar-refractivity contribution is 5.85. The molecule has 2 amide bonds. The number of likely N-dealkylation sites (tertiary alicyclic amines) is 1.